The van der Waals surface area contributed by atoms with Crippen molar-refractivity contribution < 1.29 is 18.0 Å². The Labute approximate surface area is 118 Å². The zero-order valence-electron chi connectivity index (χ0n) is 10.9. The molecule has 106 valence electrons. The number of thiazole rings is 1. The van der Waals surface area contributed by atoms with Crippen molar-refractivity contribution in [1.29, 1.82) is 0 Å². The second-order valence-electron chi connectivity index (χ2n) is 4.49. The van der Waals surface area contributed by atoms with E-state index < -0.39 is 11.7 Å². The molecule has 1 aromatic carbocycles. The maximum Gasteiger partial charge on any atom is 0.416 e. The predicted molar refractivity (Wildman–Crippen MR) is 71.1 cm³/mol. The molecule has 0 aliphatic rings. The van der Waals surface area contributed by atoms with E-state index in [1.165, 1.54) is 24.3 Å². The molecule has 0 amide bonds. The number of hydrogen-bond donors (Lipinski definition) is 0. The third-order valence-electron chi connectivity index (χ3n) is 2.86. The Balaban J connectivity index is 2.22. The first-order valence-corrected chi connectivity index (χ1v) is 6.77. The first-order valence-electron chi connectivity index (χ1n) is 5.89. The van der Waals surface area contributed by atoms with Gasteiger partial charge in [-0.1, -0.05) is 6.07 Å². The molecule has 2 rings (SSSR count). The molecule has 0 N–H and O–H groups in total. The van der Waals surface area contributed by atoms with Crippen molar-refractivity contribution in [3.05, 3.63) is 51.0 Å². The van der Waals surface area contributed by atoms with Crippen LogP contribution in [0.2, 0.25) is 0 Å². The molecule has 2 nitrogen and oxygen atoms in total. The summed E-state index contributed by atoms with van der Waals surface area (Å²) in [6.45, 7) is 3.34. The highest BCUT2D eigenvalue weighted by atomic mass is 32.1. The molecule has 0 bridgehead atoms. The van der Waals surface area contributed by atoms with Gasteiger partial charge in [0.25, 0.3) is 0 Å². The fourth-order valence-electron chi connectivity index (χ4n) is 1.90. The van der Waals surface area contributed by atoms with E-state index in [-0.39, 0.29) is 12.2 Å². The van der Waals surface area contributed by atoms with Gasteiger partial charge in [0.05, 0.1) is 22.7 Å². The van der Waals surface area contributed by atoms with E-state index in [0.29, 0.717) is 16.8 Å². The molecule has 0 saturated carbocycles. The second kappa shape index (κ2) is 5.36. The normalized spacial score (nSPS) is 11.7. The Morgan fingerprint density at radius 2 is 2.00 bits per heavy atom. The van der Waals surface area contributed by atoms with E-state index in [1.807, 2.05) is 6.92 Å². The maximum atomic E-state index is 12.6. The summed E-state index contributed by atoms with van der Waals surface area (Å²) < 4.78 is 37.7. The first-order chi connectivity index (χ1) is 9.27. The minimum Gasteiger partial charge on any atom is -0.294 e. The van der Waals surface area contributed by atoms with Crippen molar-refractivity contribution in [2.24, 2.45) is 0 Å². The molecule has 0 fully saturated rings. The molecule has 1 heterocycles. The molecule has 0 aliphatic heterocycles. The highest BCUT2D eigenvalue weighted by Crippen LogP contribution is 2.30. The number of carbonyl (C=O) groups excluding carboxylic acids is 1. The fraction of sp³-hybridized carbons (Fsp3) is 0.286. The first kappa shape index (κ1) is 14.7. The van der Waals surface area contributed by atoms with E-state index in [2.05, 4.69) is 4.98 Å². The molecular weight excluding hydrogens is 287 g/mol. The van der Waals surface area contributed by atoms with Crippen LogP contribution in [0.3, 0.4) is 0 Å². The third kappa shape index (κ3) is 3.25. The van der Waals surface area contributed by atoms with E-state index in [1.54, 1.807) is 5.38 Å². The molecule has 0 unspecified atom stereocenters. The van der Waals surface area contributed by atoms with Crippen LogP contribution in [0, 0.1) is 13.8 Å². The van der Waals surface area contributed by atoms with Gasteiger partial charge in [-0.25, -0.2) is 4.98 Å². The monoisotopic (exact) mass is 299 g/mol. The Morgan fingerprint density at radius 1 is 1.30 bits per heavy atom. The van der Waals surface area contributed by atoms with E-state index >= 15 is 0 Å². The number of ketones is 1. The average Bonchev–Trinajstić information content (AvgIpc) is 2.73. The summed E-state index contributed by atoms with van der Waals surface area (Å²) in [5, 5.41) is 2.64. The molecule has 0 aliphatic carbocycles. The van der Waals surface area contributed by atoms with Gasteiger partial charge in [0.1, 0.15) is 0 Å². The number of Topliss-reactive ketones (excluding diaryl/α,β-unsaturated/α-hetero) is 1. The number of alkyl halides is 3. The Morgan fingerprint density at radius 3 is 2.50 bits per heavy atom. The van der Waals surface area contributed by atoms with Crippen molar-refractivity contribution in [1.82, 2.24) is 4.98 Å². The van der Waals surface area contributed by atoms with Crippen LogP contribution in [0.25, 0.3) is 0 Å². The zero-order valence-corrected chi connectivity index (χ0v) is 11.7. The standard InChI is InChI=1S/C14H12F3NOS/c1-8-5-10(14(15,16)17)3-4-12(8)13(19)6-11-7-20-9(2)18-11/h3-5,7H,6H2,1-2H3. The summed E-state index contributed by atoms with van der Waals surface area (Å²) in [5.41, 5.74) is 0.549. The zero-order chi connectivity index (χ0) is 14.9. The van der Waals surface area contributed by atoms with Crippen LogP contribution < -0.4 is 0 Å². The summed E-state index contributed by atoms with van der Waals surface area (Å²) in [7, 11) is 0. The fourth-order valence-corrected chi connectivity index (χ4v) is 2.51. The number of halogens is 3. The highest BCUT2D eigenvalue weighted by Gasteiger charge is 2.31. The highest BCUT2D eigenvalue weighted by molar-refractivity contribution is 7.09. The molecule has 0 atom stereocenters. The summed E-state index contributed by atoms with van der Waals surface area (Å²) in [5.74, 6) is -0.221. The van der Waals surface area contributed by atoms with Crippen LogP contribution in [-0.4, -0.2) is 10.8 Å². The van der Waals surface area contributed by atoms with E-state index in [0.717, 1.165) is 17.1 Å². The van der Waals surface area contributed by atoms with Gasteiger partial charge in [-0.2, -0.15) is 13.2 Å². The number of rotatable bonds is 3. The van der Waals surface area contributed by atoms with Crippen molar-refractivity contribution in [3.63, 3.8) is 0 Å². The molecule has 6 heteroatoms. The lowest BCUT2D eigenvalue weighted by atomic mass is 9.99. The van der Waals surface area contributed by atoms with Crippen LogP contribution in [-0.2, 0) is 12.6 Å². The minimum atomic E-state index is -4.39. The van der Waals surface area contributed by atoms with Gasteiger partial charge in [-0.3, -0.25) is 4.79 Å². The summed E-state index contributed by atoms with van der Waals surface area (Å²) >= 11 is 1.44. The van der Waals surface area contributed by atoms with E-state index in [9.17, 15) is 18.0 Å². The van der Waals surface area contributed by atoms with Crippen molar-refractivity contribution in [3.8, 4) is 0 Å². The quantitative estimate of drug-likeness (QED) is 0.795. The number of carbonyl (C=O) groups is 1. The number of aryl methyl sites for hydroxylation is 2. The summed E-state index contributed by atoms with van der Waals surface area (Å²) in [6.07, 6.45) is -4.28. The number of aromatic nitrogens is 1. The molecule has 2 aromatic rings. The third-order valence-corrected chi connectivity index (χ3v) is 3.68. The summed E-state index contributed by atoms with van der Waals surface area (Å²) in [4.78, 5) is 16.3. The lowest BCUT2D eigenvalue weighted by molar-refractivity contribution is -0.137. The largest absolute Gasteiger partial charge is 0.416 e. The Bertz CT molecular complexity index is 646. The van der Waals surface area contributed by atoms with Gasteiger partial charge in [-0.05, 0) is 31.5 Å². The van der Waals surface area contributed by atoms with Gasteiger partial charge in [0, 0.05) is 10.9 Å². The lowest BCUT2D eigenvalue weighted by Gasteiger charge is -2.10. The van der Waals surface area contributed by atoms with Crippen molar-refractivity contribution in [2.75, 3.05) is 0 Å². The van der Waals surface area contributed by atoms with Gasteiger partial charge >= 0.3 is 6.18 Å². The minimum absolute atomic E-state index is 0.108. The van der Waals surface area contributed by atoms with Gasteiger partial charge in [0.15, 0.2) is 5.78 Å². The Hall–Kier alpha value is -1.69. The second-order valence-corrected chi connectivity index (χ2v) is 5.55. The topological polar surface area (TPSA) is 30.0 Å². The summed E-state index contributed by atoms with van der Waals surface area (Å²) in [6, 6.07) is 3.17. The predicted octanol–water partition coefficient (Wildman–Crippen LogP) is 4.20. The van der Waals surface area contributed by atoms with Crippen LogP contribution in [0.15, 0.2) is 23.6 Å². The number of hydrogen-bond acceptors (Lipinski definition) is 3. The van der Waals surface area contributed by atoms with E-state index in [4.69, 9.17) is 0 Å². The van der Waals surface area contributed by atoms with Gasteiger partial charge in [0.2, 0.25) is 0 Å². The maximum absolute atomic E-state index is 12.6. The SMILES string of the molecule is Cc1nc(CC(=O)c2ccc(C(F)(F)F)cc2C)cs1. The average molecular weight is 299 g/mol. The van der Waals surface area contributed by atoms with Crippen LogP contribution in [0.5, 0.6) is 0 Å². The molecule has 0 radical (unpaired) electrons. The molecule has 1 aromatic heterocycles. The Kier molecular flexibility index (Phi) is 3.94. The molecule has 0 spiro atoms. The van der Waals surface area contributed by atoms with Crippen LogP contribution in [0.4, 0.5) is 13.2 Å². The van der Waals surface area contributed by atoms with Gasteiger partial charge < -0.3 is 0 Å². The smallest absolute Gasteiger partial charge is 0.294 e. The number of benzene rings is 1. The van der Waals surface area contributed by atoms with Crippen LogP contribution in [0.1, 0.15) is 32.2 Å². The lowest BCUT2D eigenvalue weighted by Crippen LogP contribution is -2.10. The number of nitrogens with zero attached hydrogens (tertiary/aromatic N) is 1. The van der Waals surface area contributed by atoms with Crippen molar-refractivity contribution in [2.45, 2.75) is 26.4 Å². The molecular formula is C14H12F3NOS. The van der Waals surface area contributed by atoms with Crippen LogP contribution >= 0.6 is 11.3 Å². The van der Waals surface area contributed by atoms with Crippen molar-refractivity contribution >= 4 is 17.1 Å². The molecule has 0 saturated heterocycles. The van der Waals surface area contributed by atoms with Gasteiger partial charge in [-0.15, -0.1) is 11.3 Å². The molecule has 20 heavy (non-hydrogen) atoms.